The minimum atomic E-state index is 0.491. The molecule has 0 amide bonds. The second-order valence-electron chi connectivity index (χ2n) is 6.02. The van der Waals surface area contributed by atoms with E-state index in [9.17, 15) is 0 Å². The van der Waals surface area contributed by atoms with Gasteiger partial charge in [-0.05, 0) is 50.7 Å². The zero-order chi connectivity index (χ0) is 16.2. The largest absolute Gasteiger partial charge is 0.385 e. The molecule has 1 aliphatic rings. The smallest absolute Gasteiger partial charge is 0.199 e. The highest BCUT2D eigenvalue weighted by molar-refractivity contribution is 7.71. The molecule has 2 heterocycles. The molecule has 1 aliphatic carbocycles. The van der Waals surface area contributed by atoms with Crippen molar-refractivity contribution in [2.45, 2.75) is 32.0 Å². The highest BCUT2D eigenvalue weighted by atomic mass is 32.1. The van der Waals surface area contributed by atoms with E-state index in [2.05, 4.69) is 21.5 Å². The Morgan fingerprint density at radius 3 is 2.91 bits per heavy atom. The van der Waals surface area contributed by atoms with Crippen LogP contribution in [-0.4, -0.2) is 51.5 Å². The van der Waals surface area contributed by atoms with E-state index in [4.69, 9.17) is 22.1 Å². The summed E-state index contributed by atoms with van der Waals surface area (Å²) in [5.74, 6) is 0.927. The molecule has 6 nitrogen and oxygen atoms in total. The minimum absolute atomic E-state index is 0.491. The molecule has 0 saturated heterocycles. The van der Waals surface area contributed by atoms with Crippen LogP contribution in [0.5, 0.6) is 0 Å². The van der Waals surface area contributed by atoms with Gasteiger partial charge in [-0.1, -0.05) is 0 Å². The predicted octanol–water partition coefficient (Wildman–Crippen LogP) is 2.74. The quantitative estimate of drug-likeness (QED) is 0.549. The van der Waals surface area contributed by atoms with E-state index in [1.165, 1.54) is 12.8 Å². The Balaban J connectivity index is 1.83. The van der Waals surface area contributed by atoms with Gasteiger partial charge in [-0.15, -0.1) is 0 Å². The van der Waals surface area contributed by atoms with Crippen molar-refractivity contribution in [2.24, 2.45) is 0 Å². The number of ether oxygens (including phenoxy) is 1. The fourth-order valence-corrected chi connectivity index (χ4v) is 2.98. The zero-order valence-corrected chi connectivity index (χ0v) is 14.5. The highest BCUT2D eigenvalue weighted by Gasteiger charge is 2.29. The molecule has 2 aromatic heterocycles. The first-order valence-electron chi connectivity index (χ1n) is 7.98. The Morgan fingerprint density at radius 2 is 2.26 bits per heavy atom. The first-order chi connectivity index (χ1) is 11.2. The Labute approximate surface area is 141 Å². The molecule has 7 heteroatoms. The lowest BCUT2D eigenvalue weighted by Crippen LogP contribution is -2.24. The molecule has 1 fully saturated rings. The number of methoxy groups -OCH3 is 1. The van der Waals surface area contributed by atoms with Crippen LogP contribution in [0.25, 0.3) is 11.4 Å². The number of rotatable bonds is 8. The molecule has 2 aromatic rings. The highest BCUT2D eigenvalue weighted by Crippen LogP contribution is 2.38. The molecular formula is C16H23N5OS. The SMILES string of the molecule is COCCCN(C)Cn1nc(-c2cccnc2)n(C2CC2)c1=S. The maximum atomic E-state index is 5.67. The van der Waals surface area contributed by atoms with Gasteiger partial charge in [0.2, 0.25) is 0 Å². The lowest BCUT2D eigenvalue weighted by molar-refractivity contribution is 0.168. The van der Waals surface area contributed by atoms with Crippen LogP contribution in [0.3, 0.4) is 0 Å². The van der Waals surface area contributed by atoms with Crippen LogP contribution in [-0.2, 0) is 11.4 Å². The summed E-state index contributed by atoms with van der Waals surface area (Å²) in [5.41, 5.74) is 1.02. The van der Waals surface area contributed by atoms with Gasteiger partial charge in [0.05, 0.1) is 6.67 Å². The number of hydrogen-bond donors (Lipinski definition) is 0. The average Bonchev–Trinajstić information content (AvgIpc) is 3.34. The van der Waals surface area contributed by atoms with Gasteiger partial charge in [0, 0.05) is 44.3 Å². The third-order valence-corrected chi connectivity index (χ3v) is 4.37. The molecular weight excluding hydrogens is 310 g/mol. The Morgan fingerprint density at radius 1 is 1.43 bits per heavy atom. The summed E-state index contributed by atoms with van der Waals surface area (Å²) in [5, 5.41) is 4.77. The van der Waals surface area contributed by atoms with Crippen molar-refractivity contribution in [1.82, 2.24) is 24.2 Å². The monoisotopic (exact) mass is 333 g/mol. The first kappa shape index (κ1) is 16.3. The first-order valence-corrected chi connectivity index (χ1v) is 8.38. The van der Waals surface area contributed by atoms with Crippen molar-refractivity contribution in [1.29, 1.82) is 0 Å². The van der Waals surface area contributed by atoms with E-state index in [0.717, 1.165) is 35.7 Å². The molecule has 0 aliphatic heterocycles. The van der Waals surface area contributed by atoms with Crippen LogP contribution in [0.1, 0.15) is 25.3 Å². The van der Waals surface area contributed by atoms with Crippen LogP contribution in [0.2, 0.25) is 0 Å². The summed E-state index contributed by atoms with van der Waals surface area (Å²) in [6, 6.07) is 4.46. The summed E-state index contributed by atoms with van der Waals surface area (Å²) in [6.45, 7) is 2.41. The molecule has 0 bridgehead atoms. The van der Waals surface area contributed by atoms with Crippen LogP contribution < -0.4 is 0 Å². The summed E-state index contributed by atoms with van der Waals surface area (Å²) in [4.78, 5) is 6.43. The number of pyridine rings is 1. The topological polar surface area (TPSA) is 48.1 Å². The molecule has 0 N–H and O–H groups in total. The molecule has 23 heavy (non-hydrogen) atoms. The van der Waals surface area contributed by atoms with Crippen LogP contribution in [0, 0.1) is 4.77 Å². The molecule has 0 atom stereocenters. The molecule has 0 spiro atoms. The standard InChI is InChI=1S/C16H23N5OS/c1-19(9-4-10-22-2)12-20-16(23)21(14-6-7-14)15(18-20)13-5-3-8-17-11-13/h3,5,8,11,14H,4,6-7,9-10,12H2,1-2H3. The van der Waals surface area contributed by atoms with Crippen LogP contribution in [0.4, 0.5) is 0 Å². The number of aromatic nitrogens is 4. The van der Waals surface area contributed by atoms with E-state index < -0.39 is 0 Å². The molecule has 0 radical (unpaired) electrons. The van der Waals surface area contributed by atoms with Crippen molar-refractivity contribution >= 4 is 12.2 Å². The Kier molecular flexibility index (Phi) is 5.20. The van der Waals surface area contributed by atoms with Crippen molar-refractivity contribution < 1.29 is 4.74 Å². The Bertz CT molecular complexity index is 692. The maximum Gasteiger partial charge on any atom is 0.199 e. The number of nitrogens with zero attached hydrogens (tertiary/aromatic N) is 5. The second kappa shape index (κ2) is 7.33. The fourth-order valence-electron chi connectivity index (χ4n) is 2.64. The fraction of sp³-hybridized carbons (Fsp3) is 0.562. The lowest BCUT2D eigenvalue weighted by Gasteiger charge is -2.15. The molecule has 124 valence electrons. The van der Waals surface area contributed by atoms with E-state index >= 15 is 0 Å². The van der Waals surface area contributed by atoms with Crippen molar-refractivity contribution in [3.05, 3.63) is 29.3 Å². The van der Waals surface area contributed by atoms with Gasteiger partial charge < -0.3 is 4.74 Å². The van der Waals surface area contributed by atoms with Crippen molar-refractivity contribution in [2.75, 3.05) is 27.3 Å². The van der Waals surface area contributed by atoms with E-state index in [0.29, 0.717) is 12.7 Å². The molecule has 1 saturated carbocycles. The van der Waals surface area contributed by atoms with E-state index in [-0.39, 0.29) is 0 Å². The maximum absolute atomic E-state index is 5.67. The lowest BCUT2D eigenvalue weighted by atomic mass is 10.3. The summed E-state index contributed by atoms with van der Waals surface area (Å²) < 4.78 is 10.0. The van der Waals surface area contributed by atoms with Gasteiger partial charge in [0.15, 0.2) is 10.6 Å². The summed E-state index contributed by atoms with van der Waals surface area (Å²) in [7, 11) is 3.81. The zero-order valence-electron chi connectivity index (χ0n) is 13.7. The minimum Gasteiger partial charge on any atom is -0.385 e. The van der Waals surface area contributed by atoms with Gasteiger partial charge in [-0.3, -0.25) is 14.5 Å². The summed E-state index contributed by atoms with van der Waals surface area (Å²) in [6.07, 6.45) is 6.98. The molecule has 3 rings (SSSR count). The van der Waals surface area contributed by atoms with Gasteiger partial charge in [-0.25, -0.2) is 4.68 Å². The Hall–Kier alpha value is -1.57. The van der Waals surface area contributed by atoms with E-state index in [1.807, 2.05) is 23.0 Å². The normalized spacial score (nSPS) is 14.6. The third-order valence-electron chi connectivity index (χ3n) is 3.97. The van der Waals surface area contributed by atoms with E-state index in [1.54, 1.807) is 13.3 Å². The third kappa shape index (κ3) is 3.85. The number of hydrogen-bond acceptors (Lipinski definition) is 5. The average molecular weight is 333 g/mol. The van der Waals surface area contributed by atoms with Crippen molar-refractivity contribution in [3.8, 4) is 11.4 Å². The van der Waals surface area contributed by atoms with Crippen molar-refractivity contribution in [3.63, 3.8) is 0 Å². The van der Waals surface area contributed by atoms with Gasteiger partial charge in [0.25, 0.3) is 0 Å². The van der Waals surface area contributed by atoms with Gasteiger partial charge in [0.1, 0.15) is 0 Å². The molecule has 0 aromatic carbocycles. The summed E-state index contributed by atoms with van der Waals surface area (Å²) >= 11 is 5.67. The van der Waals surface area contributed by atoms with Gasteiger partial charge in [-0.2, -0.15) is 5.10 Å². The van der Waals surface area contributed by atoms with Crippen LogP contribution in [0.15, 0.2) is 24.5 Å². The van der Waals surface area contributed by atoms with Gasteiger partial charge >= 0.3 is 0 Å². The second-order valence-corrected chi connectivity index (χ2v) is 6.38. The van der Waals surface area contributed by atoms with Crippen LogP contribution >= 0.6 is 12.2 Å². The predicted molar refractivity (Wildman–Crippen MR) is 91.7 cm³/mol. The molecule has 0 unspecified atom stereocenters.